The van der Waals surface area contributed by atoms with Crippen molar-refractivity contribution in [1.82, 2.24) is 15.0 Å². The number of carbonyl (C=O) groups excluding carboxylic acids is 2. The number of pyridine rings is 1. The minimum Gasteiger partial charge on any atom is -0.492 e. The summed E-state index contributed by atoms with van der Waals surface area (Å²) in [4.78, 5) is 53.6. The summed E-state index contributed by atoms with van der Waals surface area (Å²) in [5.41, 5.74) is 5.22. The van der Waals surface area contributed by atoms with Gasteiger partial charge in [-0.25, -0.2) is 19.2 Å². The highest BCUT2D eigenvalue weighted by Gasteiger charge is 2.27. The number of nitrogens with zero attached hydrogens (tertiary/aromatic N) is 4. The van der Waals surface area contributed by atoms with Crippen LogP contribution in [0.15, 0.2) is 72.9 Å². The Morgan fingerprint density at radius 2 is 1.78 bits per heavy atom. The molecular weight excluding hydrogens is 813 g/mol. The third kappa shape index (κ3) is 10.4. The Morgan fingerprint density at radius 3 is 2.58 bits per heavy atom. The summed E-state index contributed by atoms with van der Waals surface area (Å²) in [6.45, 7) is 1.42. The zero-order chi connectivity index (χ0) is 41.3. The van der Waals surface area contributed by atoms with E-state index in [9.17, 15) is 14.4 Å². The molecule has 0 atom stereocenters. The Morgan fingerprint density at radius 1 is 0.949 bits per heavy atom. The van der Waals surface area contributed by atoms with Crippen LogP contribution in [0.3, 0.4) is 0 Å². The van der Waals surface area contributed by atoms with Crippen LogP contribution in [0.2, 0.25) is 5.02 Å². The summed E-state index contributed by atoms with van der Waals surface area (Å²) in [5.74, 6) is -1.50. The smallest absolute Gasteiger partial charge is 0.357 e. The molecule has 3 aromatic carbocycles. The quantitative estimate of drug-likeness (QED) is 0.0633. The van der Waals surface area contributed by atoms with E-state index in [0.29, 0.717) is 84.0 Å². The van der Waals surface area contributed by atoms with Crippen LogP contribution in [0.25, 0.3) is 21.5 Å². The fourth-order valence-corrected chi connectivity index (χ4v) is 9.30. The number of carboxylic acids is 1. The molecule has 1 aliphatic rings. The lowest BCUT2D eigenvalue weighted by atomic mass is 9.94. The molecule has 0 radical (unpaired) electrons. The molecule has 0 aliphatic carbocycles. The van der Waals surface area contributed by atoms with E-state index in [-0.39, 0.29) is 23.7 Å². The summed E-state index contributed by atoms with van der Waals surface area (Å²) < 4.78 is 27.2. The number of rotatable bonds is 18. The van der Waals surface area contributed by atoms with Crippen molar-refractivity contribution in [1.29, 1.82) is 0 Å². The van der Waals surface area contributed by atoms with Crippen LogP contribution in [-0.4, -0.2) is 58.2 Å². The minimum atomic E-state index is -0.770. The normalized spacial score (nSPS) is 12.4. The second kappa shape index (κ2) is 19.5. The number of aliphatic carboxylic acids is 1. The average molecular weight is 856 g/mol. The first-order chi connectivity index (χ1) is 28.7. The number of anilines is 2. The number of para-hydroxylation sites is 1. The number of esters is 1. The molecule has 4 heterocycles. The van der Waals surface area contributed by atoms with Crippen molar-refractivity contribution in [3.05, 3.63) is 117 Å². The van der Waals surface area contributed by atoms with Crippen molar-refractivity contribution < 1.29 is 33.4 Å². The van der Waals surface area contributed by atoms with Crippen molar-refractivity contribution in [2.24, 2.45) is 0 Å². The lowest BCUT2D eigenvalue weighted by Crippen LogP contribution is -2.32. The highest BCUT2D eigenvalue weighted by atomic mass is 35.5. The van der Waals surface area contributed by atoms with E-state index in [0.717, 1.165) is 57.5 Å². The van der Waals surface area contributed by atoms with E-state index in [1.165, 1.54) is 35.8 Å². The van der Waals surface area contributed by atoms with Crippen LogP contribution in [0.4, 0.5) is 14.7 Å². The van der Waals surface area contributed by atoms with Gasteiger partial charge in [-0.05, 0) is 97.7 Å². The van der Waals surface area contributed by atoms with Gasteiger partial charge in [0.25, 0.3) is 5.91 Å². The fourth-order valence-electron chi connectivity index (χ4n) is 7.09. The van der Waals surface area contributed by atoms with Gasteiger partial charge in [-0.3, -0.25) is 19.9 Å². The molecular formula is C44H43ClFN5O6S2. The molecule has 2 N–H and O–H groups in total. The van der Waals surface area contributed by atoms with E-state index in [2.05, 4.69) is 20.2 Å². The van der Waals surface area contributed by atoms with Crippen LogP contribution >= 0.6 is 34.3 Å². The van der Waals surface area contributed by atoms with Crippen molar-refractivity contribution in [2.75, 3.05) is 30.5 Å². The molecule has 0 unspecified atom stereocenters. The molecule has 0 bridgehead atoms. The predicted molar refractivity (Wildman–Crippen MR) is 230 cm³/mol. The monoisotopic (exact) mass is 855 g/mol. The molecule has 59 heavy (non-hydrogen) atoms. The van der Waals surface area contributed by atoms with Crippen LogP contribution in [0.5, 0.6) is 5.75 Å². The van der Waals surface area contributed by atoms with E-state index in [4.69, 9.17) is 31.2 Å². The van der Waals surface area contributed by atoms with Gasteiger partial charge in [0.05, 0.1) is 29.0 Å². The van der Waals surface area contributed by atoms with Gasteiger partial charge in [-0.2, -0.15) is 0 Å². The number of fused-ring (bicyclic) bond motifs is 2. The standard InChI is InChI=1S/C44H43ClFN5O6S2/c1-56-42(55)40-37(16-10-22-57-35-19-18-29(24-32(35)45)39-33(46)23-27(25-47-39)11-5-3-2-4-6-17-38(52)53)59-44(49-40)51-21-20-28-12-9-13-30(31(28)26-51)41(54)50-43-48-34-14-7-8-15-36(34)58-43/h7-9,12-15,18-19,23-25H,2-6,10-11,16-17,20-22,26H2,1H3,(H,52,53)(H,48,50,54). The number of thiazole rings is 2. The van der Waals surface area contributed by atoms with Crippen molar-refractivity contribution >= 4 is 72.6 Å². The molecule has 7 rings (SSSR count). The van der Waals surface area contributed by atoms with Gasteiger partial charge in [0.1, 0.15) is 17.3 Å². The van der Waals surface area contributed by atoms with Crippen molar-refractivity contribution in [3.8, 4) is 17.0 Å². The number of carbonyl (C=O) groups is 3. The third-order valence-electron chi connectivity index (χ3n) is 10.1. The van der Waals surface area contributed by atoms with Gasteiger partial charge in [0.15, 0.2) is 16.0 Å². The minimum absolute atomic E-state index is 0.193. The number of benzene rings is 3. The SMILES string of the molecule is COC(=O)c1nc(N2CCc3cccc(C(=O)Nc4nc5ccccc5s4)c3C2)sc1CCCOc1ccc(-c2ncc(CCCCCCCC(=O)O)cc2F)cc1Cl. The molecule has 0 spiro atoms. The second-order valence-electron chi connectivity index (χ2n) is 14.2. The molecule has 3 aromatic heterocycles. The number of halogens is 2. The Hall–Kier alpha value is -5.44. The average Bonchev–Trinajstić information content (AvgIpc) is 3.86. The fraction of sp³-hybridized carbons (Fsp3) is 0.318. The Bertz CT molecular complexity index is 2440. The Balaban J connectivity index is 0.941. The topological polar surface area (TPSA) is 144 Å². The highest BCUT2D eigenvalue weighted by molar-refractivity contribution is 7.22. The van der Waals surface area contributed by atoms with Crippen molar-refractivity contribution in [3.63, 3.8) is 0 Å². The number of amides is 1. The van der Waals surface area contributed by atoms with E-state index >= 15 is 4.39 Å². The van der Waals surface area contributed by atoms with Gasteiger partial charge in [0.2, 0.25) is 0 Å². The Labute approximate surface area is 354 Å². The van der Waals surface area contributed by atoms with Crippen LogP contribution in [0.1, 0.15) is 87.4 Å². The number of aryl methyl sites for hydroxylation is 2. The number of aromatic nitrogens is 3. The van der Waals surface area contributed by atoms with E-state index < -0.39 is 17.8 Å². The molecule has 306 valence electrons. The highest BCUT2D eigenvalue weighted by Crippen LogP contribution is 2.35. The number of unbranched alkanes of at least 4 members (excludes halogenated alkanes) is 4. The molecule has 0 fully saturated rings. The summed E-state index contributed by atoms with van der Waals surface area (Å²) in [7, 11) is 1.33. The molecule has 6 aromatic rings. The van der Waals surface area contributed by atoms with Gasteiger partial charge in [0, 0.05) is 41.7 Å². The molecule has 0 saturated carbocycles. The molecule has 0 saturated heterocycles. The summed E-state index contributed by atoms with van der Waals surface area (Å²) in [5, 5.41) is 13.3. The second-order valence-corrected chi connectivity index (χ2v) is 16.7. The lowest BCUT2D eigenvalue weighted by Gasteiger charge is -2.29. The number of ether oxygens (including phenoxy) is 2. The van der Waals surface area contributed by atoms with E-state index in [1.807, 2.05) is 42.5 Å². The summed E-state index contributed by atoms with van der Waals surface area (Å²) >= 11 is 9.44. The molecule has 1 amide bonds. The maximum atomic E-state index is 15.1. The van der Waals surface area contributed by atoms with Crippen molar-refractivity contribution in [2.45, 2.75) is 70.8 Å². The van der Waals surface area contributed by atoms with Gasteiger partial charge in [-0.1, -0.05) is 66.5 Å². The first-order valence-electron chi connectivity index (χ1n) is 19.6. The number of nitrogens with one attached hydrogen (secondary N) is 1. The number of methoxy groups -OCH3 is 1. The number of hydrogen-bond donors (Lipinski definition) is 2. The number of hydrogen-bond acceptors (Lipinski definition) is 11. The zero-order valence-electron chi connectivity index (χ0n) is 32.5. The maximum Gasteiger partial charge on any atom is 0.357 e. The van der Waals surface area contributed by atoms with Gasteiger partial charge >= 0.3 is 11.9 Å². The van der Waals surface area contributed by atoms with Crippen LogP contribution in [-0.2, 0) is 35.3 Å². The largest absolute Gasteiger partial charge is 0.492 e. The summed E-state index contributed by atoms with van der Waals surface area (Å²) in [6, 6.07) is 20.1. The molecule has 15 heteroatoms. The third-order valence-corrected chi connectivity index (χ3v) is 12.6. The first kappa shape index (κ1) is 41.7. The van der Waals surface area contributed by atoms with Gasteiger partial charge in [-0.15, -0.1) is 11.3 Å². The van der Waals surface area contributed by atoms with E-state index in [1.54, 1.807) is 24.4 Å². The molecule has 11 nitrogen and oxygen atoms in total. The number of carboxylic acid groups (broad SMARTS) is 1. The zero-order valence-corrected chi connectivity index (χ0v) is 34.9. The maximum absolute atomic E-state index is 15.1. The predicted octanol–water partition coefficient (Wildman–Crippen LogP) is 10.2. The van der Waals surface area contributed by atoms with Crippen LogP contribution in [0, 0.1) is 5.82 Å². The first-order valence-corrected chi connectivity index (χ1v) is 21.6. The van der Waals surface area contributed by atoms with Gasteiger partial charge < -0.3 is 19.5 Å². The van der Waals surface area contributed by atoms with Crippen LogP contribution < -0.4 is 15.0 Å². The summed E-state index contributed by atoms with van der Waals surface area (Å²) in [6.07, 6.45) is 8.66. The lowest BCUT2D eigenvalue weighted by molar-refractivity contribution is -0.137. The molecule has 1 aliphatic heterocycles. The Kier molecular flexibility index (Phi) is 13.8.